The summed E-state index contributed by atoms with van der Waals surface area (Å²) in [5.74, 6) is 0. The normalized spacial score (nSPS) is 11.7. The molecule has 0 radical (unpaired) electrons. The van der Waals surface area contributed by atoms with Gasteiger partial charge in [0.1, 0.15) is 0 Å². The monoisotopic (exact) mass is 1240 g/mol. The van der Waals surface area contributed by atoms with E-state index in [1.54, 1.807) is 0 Å². The Bertz CT molecular complexity index is 6190. The van der Waals surface area contributed by atoms with E-state index in [9.17, 15) is 0 Å². The Morgan fingerprint density at radius 3 is 1.00 bits per heavy atom. The van der Waals surface area contributed by atoms with Crippen molar-refractivity contribution in [3.05, 3.63) is 376 Å². The molecule has 456 valence electrons. The Kier molecular flexibility index (Phi) is 13.6. The molecule has 0 N–H and O–H groups in total. The van der Waals surface area contributed by atoms with Crippen LogP contribution < -0.4 is 9.80 Å². The number of fused-ring (bicyclic) bond motifs is 13. The maximum Gasteiger partial charge on any atom is 0.0468 e. The molecule has 0 spiro atoms. The number of benzene rings is 19. The van der Waals surface area contributed by atoms with Gasteiger partial charge in [0.05, 0.1) is 0 Å². The van der Waals surface area contributed by atoms with Crippen molar-refractivity contribution in [2.24, 2.45) is 0 Å². The number of nitrogens with zero attached hydrogens (tertiary/aromatic N) is 2. The topological polar surface area (TPSA) is 6.48 Å². The lowest BCUT2D eigenvalue weighted by Gasteiger charge is -2.27. The van der Waals surface area contributed by atoms with Crippen molar-refractivity contribution in [2.45, 2.75) is 0 Å². The van der Waals surface area contributed by atoms with Crippen LogP contribution in [0, 0.1) is 0 Å². The van der Waals surface area contributed by atoms with Crippen molar-refractivity contribution >= 4 is 131 Å². The number of hydrogen-bond donors (Lipinski definition) is 0. The van der Waals surface area contributed by atoms with Crippen LogP contribution in [0.15, 0.2) is 376 Å². The Labute approximate surface area is 569 Å². The van der Waals surface area contributed by atoms with Crippen molar-refractivity contribution in [3.63, 3.8) is 0 Å². The van der Waals surface area contributed by atoms with Gasteiger partial charge in [-0.25, -0.2) is 0 Å². The highest BCUT2D eigenvalue weighted by Crippen LogP contribution is 2.52. The number of rotatable bonds is 11. The highest BCUT2D eigenvalue weighted by atomic mass is 15.1. The fraction of sp³-hybridized carbons (Fsp3) is 0. The molecule has 2 heteroatoms. The first kappa shape index (κ1) is 56.6. The molecule has 19 aromatic carbocycles. The molecule has 2 nitrogen and oxygen atoms in total. The van der Waals surface area contributed by atoms with Crippen LogP contribution in [0.3, 0.4) is 0 Å². The minimum Gasteiger partial charge on any atom is -0.310 e. The van der Waals surface area contributed by atoms with Gasteiger partial charge < -0.3 is 9.80 Å². The molecule has 19 aromatic rings. The second-order valence-corrected chi connectivity index (χ2v) is 25.9. The Hall–Kier alpha value is -12.9. The second-order valence-electron chi connectivity index (χ2n) is 25.9. The fourth-order valence-corrected chi connectivity index (χ4v) is 15.6. The second kappa shape index (κ2) is 23.5. The summed E-state index contributed by atoms with van der Waals surface area (Å²) in [6.07, 6.45) is 0. The Balaban J connectivity index is 0.885. The van der Waals surface area contributed by atoms with Crippen LogP contribution >= 0.6 is 0 Å². The third kappa shape index (κ3) is 9.80. The van der Waals surface area contributed by atoms with Crippen molar-refractivity contribution in [1.29, 1.82) is 0 Å². The molecule has 0 atom stereocenters. The standard InChI is InChI=1S/C96H62N2/c1-3-19-63(20-4-1)75-43-53-87-92(59-75)93-61-77(89-60-76-31-15-16-32-84(76)85-33-17-18-34-86(85)89)44-54-88(93)96-94(70-41-47-79(48-42-70)98(82-51-37-66-23-9-13-29-73(66)57-82)83-52-38-67-24-10-14-30-74(67)58-83)90(68-25-5-2-6-26-68)62-91(95(87)96)69-39-45-78(46-40-69)97(80-49-35-64-21-7-11-27-71(64)55-80)81-50-36-65-22-8-12-28-72(65)56-81/h1-62H. The van der Waals surface area contributed by atoms with E-state index in [2.05, 4.69) is 386 Å². The highest BCUT2D eigenvalue weighted by Gasteiger charge is 2.25. The van der Waals surface area contributed by atoms with Gasteiger partial charge in [-0.3, -0.25) is 0 Å². The lowest BCUT2D eigenvalue weighted by Crippen LogP contribution is -2.10. The van der Waals surface area contributed by atoms with Gasteiger partial charge in [0.25, 0.3) is 0 Å². The molecule has 98 heavy (non-hydrogen) atoms. The zero-order valence-corrected chi connectivity index (χ0v) is 53.7. The summed E-state index contributed by atoms with van der Waals surface area (Å²) in [4.78, 5) is 4.83. The van der Waals surface area contributed by atoms with E-state index < -0.39 is 0 Å². The predicted molar refractivity (Wildman–Crippen MR) is 421 cm³/mol. The van der Waals surface area contributed by atoms with E-state index in [1.165, 1.54) is 125 Å². The highest BCUT2D eigenvalue weighted by molar-refractivity contribution is 6.34. The molecule has 19 rings (SSSR count). The zero-order valence-electron chi connectivity index (χ0n) is 53.7. The molecular weight excluding hydrogens is 1180 g/mol. The number of anilines is 6. The molecule has 0 aromatic heterocycles. The minimum atomic E-state index is 1.07. The van der Waals surface area contributed by atoms with Gasteiger partial charge in [0.2, 0.25) is 0 Å². The van der Waals surface area contributed by atoms with Gasteiger partial charge in [-0.2, -0.15) is 0 Å². The Morgan fingerprint density at radius 2 is 0.500 bits per heavy atom. The van der Waals surface area contributed by atoms with Gasteiger partial charge in [-0.1, -0.05) is 279 Å². The maximum atomic E-state index is 2.50. The van der Waals surface area contributed by atoms with Crippen molar-refractivity contribution in [2.75, 3.05) is 9.80 Å². The van der Waals surface area contributed by atoms with Crippen LogP contribution in [0.25, 0.3) is 153 Å². The zero-order chi connectivity index (χ0) is 64.6. The summed E-state index contributed by atoms with van der Waals surface area (Å²) in [5, 5.41) is 21.8. The predicted octanol–water partition coefficient (Wildman–Crippen LogP) is 27.3. The third-order valence-electron chi connectivity index (χ3n) is 20.3. The summed E-state index contributed by atoms with van der Waals surface area (Å²) >= 11 is 0. The largest absolute Gasteiger partial charge is 0.310 e. The third-order valence-corrected chi connectivity index (χ3v) is 20.3. The van der Waals surface area contributed by atoms with Gasteiger partial charge in [0.15, 0.2) is 0 Å². The summed E-state index contributed by atoms with van der Waals surface area (Å²) in [7, 11) is 0. The molecule has 0 unspecified atom stereocenters. The van der Waals surface area contributed by atoms with Crippen LogP contribution in [-0.2, 0) is 0 Å². The lowest BCUT2D eigenvalue weighted by atomic mass is 9.80. The van der Waals surface area contributed by atoms with Crippen LogP contribution in [0.1, 0.15) is 0 Å². The SMILES string of the molecule is c1ccc(-c2ccc3c(c2)c2cc(-c4cc5ccccc5c5ccccc45)ccc2c2c(-c4ccc(N(c5ccc6ccccc6c5)c5ccc6ccccc6c5)cc4)c(-c4ccccc4)cc(-c4ccc(N(c5ccc6ccccc6c5)c5ccc6ccccc6c5)cc4)c32)cc1. The molecule has 0 bridgehead atoms. The fourth-order valence-electron chi connectivity index (χ4n) is 15.6. The van der Waals surface area contributed by atoms with E-state index in [1.807, 2.05) is 0 Å². The molecular formula is C96H62N2. The summed E-state index contributed by atoms with van der Waals surface area (Å²) in [5.41, 5.74) is 18.2. The van der Waals surface area contributed by atoms with Crippen LogP contribution in [0.4, 0.5) is 34.1 Å². The molecule has 0 fully saturated rings. The molecule has 0 saturated heterocycles. The van der Waals surface area contributed by atoms with Gasteiger partial charge in [-0.15, -0.1) is 0 Å². The van der Waals surface area contributed by atoms with E-state index in [0.29, 0.717) is 0 Å². The quantitative estimate of drug-likeness (QED) is 0.119. The Morgan fingerprint density at radius 1 is 0.143 bits per heavy atom. The van der Waals surface area contributed by atoms with E-state index >= 15 is 0 Å². The van der Waals surface area contributed by atoms with Crippen LogP contribution in [-0.4, -0.2) is 0 Å². The average Bonchev–Trinajstić information content (AvgIpc) is 0.706. The molecule has 0 aliphatic carbocycles. The van der Waals surface area contributed by atoms with E-state index in [0.717, 1.165) is 61.9 Å². The summed E-state index contributed by atoms with van der Waals surface area (Å²) in [6.45, 7) is 0. The average molecular weight is 1240 g/mol. The van der Waals surface area contributed by atoms with Gasteiger partial charge in [0, 0.05) is 34.1 Å². The van der Waals surface area contributed by atoms with E-state index in [4.69, 9.17) is 0 Å². The smallest absolute Gasteiger partial charge is 0.0468 e. The molecule has 0 saturated carbocycles. The summed E-state index contributed by atoms with van der Waals surface area (Å²) < 4.78 is 0. The summed E-state index contributed by atoms with van der Waals surface area (Å²) in [6, 6.07) is 140. The molecule has 0 aliphatic heterocycles. The first-order chi connectivity index (χ1) is 48.6. The van der Waals surface area contributed by atoms with Gasteiger partial charge in [-0.05, 0) is 250 Å². The van der Waals surface area contributed by atoms with Crippen LogP contribution in [0.5, 0.6) is 0 Å². The van der Waals surface area contributed by atoms with Gasteiger partial charge >= 0.3 is 0 Å². The van der Waals surface area contributed by atoms with Crippen molar-refractivity contribution in [3.8, 4) is 55.6 Å². The molecule has 0 amide bonds. The lowest BCUT2D eigenvalue weighted by molar-refractivity contribution is 1.29. The van der Waals surface area contributed by atoms with E-state index in [-0.39, 0.29) is 0 Å². The number of hydrogen-bond acceptors (Lipinski definition) is 2. The van der Waals surface area contributed by atoms with Crippen LogP contribution in [0.2, 0.25) is 0 Å². The first-order valence-corrected chi connectivity index (χ1v) is 33.9. The van der Waals surface area contributed by atoms with Crippen molar-refractivity contribution < 1.29 is 0 Å². The minimum absolute atomic E-state index is 1.07. The first-order valence-electron chi connectivity index (χ1n) is 33.9. The molecule has 0 heterocycles. The molecule has 0 aliphatic rings. The maximum absolute atomic E-state index is 2.50. The van der Waals surface area contributed by atoms with Crippen molar-refractivity contribution in [1.82, 2.24) is 0 Å².